The summed E-state index contributed by atoms with van der Waals surface area (Å²) in [5.41, 5.74) is 1.52. The fourth-order valence-corrected chi connectivity index (χ4v) is 5.12. The van der Waals surface area contributed by atoms with Gasteiger partial charge in [0.15, 0.2) is 16.7 Å². The number of hydrogen-bond acceptors (Lipinski definition) is 6. The molecule has 0 unspecified atom stereocenters. The number of carbonyl (C=O) groups is 2. The van der Waals surface area contributed by atoms with Gasteiger partial charge in [-0.3, -0.25) is 9.59 Å². The van der Waals surface area contributed by atoms with Gasteiger partial charge in [-0.25, -0.2) is 4.39 Å². The molecule has 1 fully saturated rings. The van der Waals surface area contributed by atoms with Crippen molar-refractivity contribution in [3.8, 4) is 11.4 Å². The number of benzene rings is 2. The van der Waals surface area contributed by atoms with Crippen molar-refractivity contribution in [1.29, 1.82) is 0 Å². The zero-order valence-electron chi connectivity index (χ0n) is 20.1. The Balaban J connectivity index is 1.24. The molecule has 0 aliphatic carbocycles. The Morgan fingerprint density at radius 2 is 1.62 bits per heavy atom. The number of aromatic nitrogens is 3. The Morgan fingerprint density at radius 3 is 2.35 bits per heavy atom. The second-order valence-corrected chi connectivity index (χ2v) is 9.55. The van der Waals surface area contributed by atoms with E-state index in [0.717, 1.165) is 5.56 Å². The minimum absolute atomic E-state index is 0.0415. The molecule has 37 heavy (non-hydrogen) atoms. The van der Waals surface area contributed by atoms with Crippen LogP contribution in [0.2, 0.25) is 0 Å². The Hall–Kier alpha value is -3.92. The molecule has 0 saturated carbocycles. The third-order valence-electron chi connectivity index (χ3n) is 6.27. The fraction of sp³-hybridized carbons (Fsp3) is 0.259. The maximum Gasteiger partial charge on any atom is 0.289 e. The summed E-state index contributed by atoms with van der Waals surface area (Å²) in [5, 5.41) is 9.14. The van der Waals surface area contributed by atoms with Crippen LogP contribution >= 0.6 is 11.8 Å². The molecular formula is C27H26FN5O3S. The smallest absolute Gasteiger partial charge is 0.289 e. The van der Waals surface area contributed by atoms with Gasteiger partial charge < -0.3 is 18.8 Å². The van der Waals surface area contributed by atoms with Crippen molar-refractivity contribution in [2.75, 3.05) is 31.9 Å². The minimum Gasteiger partial charge on any atom is -0.459 e. The predicted molar refractivity (Wildman–Crippen MR) is 137 cm³/mol. The maximum absolute atomic E-state index is 14.6. The number of furan rings is 1. The molecular weight excluding hydrogens is 493 g/mol. The molecule has 0 atom stereocenters. The molecule has 190 valence electrons. The van der Waals surface area contributed by atoms with Gasteiger partial charge in [0, 0.05) is 32.7 Å². The molecule has 3 heterocycles. The van der Waals surface area contributed by atoms with Crippen molar-refractivity contribution >= 4 is 23.6 Å². The first-order chi connectivity index (χ1) is 18.1. The lowest BCUT2D eigenvalue weighted by Crippen LogP contribution is -2.51. The quantitative estimate of drug-likeness (QED) is 0.327. The number of hydrogen-bond donors (Lipinski definition) is 0. The summed E-state index contributed by atoms with van der Waals surface area (Å²) >= 11 is 1.29. The lowest BCUT2D eigenvalue weighted by atomic mass is 10.1. The maximum atomic E-state index is 14.6. The molecule has 5 rings (SSSR count). The minimum atomic E-state index is -0.370. The third kappa shape index (κ3) is 5.75. The molecule has 2 aromatic heterocycles. The van der Waals surface area contributed by atoms with E-state index in [-0.39, 0.29) is 23.4 Å². The van der Waals surface area contributed by atoms with Crippen LogP contribution in [0.25, 0.3) is 11.4 Å². The highest BCUT2D eigenvalue weighted by Gasteiger charge is 2.26. The molecule has 1 aliphatic rings. The summed E-state index contributed by atoms with van der Waals surface area (Å²) in [6, 6.07) is 19.8. The van der Waals surface area contributed by atoms with Gasteiger partial charge in [0.1, 0.15) is 5.82 Å². The van der Waals surface area contributed by atoms with Crippen LogP contribution in [0.1, 0.15) is 16.1 Å². The molecule has 4 aromatic rings. The number of rotatable bonds is 8. The van der Waals surface area contributed by atoms with Crippen LogP contribution in [0, 0.1) is 5.82 Å². The van der Waals surface area contributed by atoms with Crippen molar-refractivity contribution in [1.82, 2.24) is 24.6 Å². The van der Waals surface area contributed by atoms with Crippen LogP contribution in [0.4, 0.5) is 4.39 Å². The van der Waals surface area contributed by atoms with Gasteiger partial charge in [-0.2, -0.15) is 0 Å². The molecule has 0 spiro atoms. The number of aryl methyl sites for hydroxylation is 1. The van der Waals surface area contributed by atoms with Crippen molar-refractivity contribution in [3.05, 3.63) is 90.1 Å². The van der Waals surface area contributed by atoms with E-state index in [4.69, 9.17) is 4.42 Å². The van der Waals surface area contributed by atoms with Gasteiger partial charge in [0.05, 0.1) is 17.6 Å². The molecule has 2 aromatic carbocycles. The fourth-order valence-electron chi connectivity index (χ4n) is 4.26. The molecule has 10 heteroatoms. The number of carbonyl (C=O) groups excluding carboxylic acids is 2. The summed E-state index contributed by atoms with van der Waals surface area (Å²) in [5.74, 6) is 0.335. The Morgan fingerprint density at radius 1 is 0.892 bits per heavy atom. The van der Waals surface area contributed by atoms with E-state index in [1.165, 1.54) is 24.1 Å². The van der Waals surface area contributed by atoms with E-state index in [1.54, 1.807) is 40.1 Å². The molecule has 2 amide bonds. The van der Waals surface area contributed by atoms with E-state index in [1.807, 2.05) is 34.9 Å². The first-order valence-electron chi connectivity index (χ1n) is 12.1. The van der Waals surface area contributed by atoms with Crippen LogP contribution in [-0.2, 0) is 17.8 Å². The lowest BCUT2D eigenvalue weighted by Gasteiger charge is -2.34. The summed E-state index contributed by atoms with van der Waals surface area (Å²) in [6.07, 6.45) is 2.19. The highest BCUT2D eigenvalue weighted by atomic mass is 32.2. The number of halogens is 1. The number of nitrogens with zero attached hydrogens (tertiary/aromatic N) is 5. The summed E-state index contributed by atoms with van der Waals surface area (Å²) in [6.45, 7) is 2.34. The monoisotopic (exact) mass is 519 g/mol. The highest BCUT2D eigenvalue weighted by Crippen LogP contribution is 2.27. The van der Waals surface area contributed by atoms with E-state index in [0.29, 0.717) is 61.4 Å². The molecule has 8 nitrogen and oxygen atoms in total. The SMILES string of the molecule is O=C(CSc1nnc(-c2ccccc2F)n1CCc1ccccc1)N1CCN(C(=O)c2ccco2)CC1. The van der Waals surface area contributed by atoms with Gasteiger partial charge in [0.25, 0.3) is 5.91 Å². The number of piperazine rings is 1. The zero-order chi connectivity index (χ0) is 25.6. The summed E-state index contributed by atoms with van der Waals surface area (Å²) in [7, 11) is 0. The second kappa shape index (κ2) is 11.4. The van der Waals surface area contributed by atoms with Crippen LogP contribution in [0.5, 0.6) is 0 Å². The van der Waals surface area contributed by atoms with Gasteiger partial charge in [-0.1, -0.05) is 54.2 Å². The topological polar surface area (TPSA) is 84.5 Å². The normalized spacial score (nSPS) is 13.6. The highest BCUT2D eigenvalue weighted by molar-refractivity contribution is 7.99. The summed E-state index contributed by atoms with van der Waals surface area (Å²) < 4.78 is 21.7. The van der Waals surface area contributed by atoms with Gasteiger partial charge in [-0.15, -0.1) is 10.2 Å². The van der Waals surface area contributed by atoms with Crippen molar-refractivity contribution < 1.29 is 18.4 Å². The van der Waals surface area contributed by atoms with Crippen LogP contribution < -0.4 is 0 Å². The second-order valence-electron chi connectivity index (χ2n) is 8.61. The predicted octanol–water partition coefficient (Wildman–Crippen LogP) is 4.00. The molecule has 1 aliphatic heterocycles. The van der Waals surface area contributed by atoms with E-state index >= 15 is 0 Å². The first-order valence-corrected chi connectivity index (χ1v) is 13.0. The van der Waals surface area contributed by atoms with Crippen LogP contribution in [-0.4, -0.2) is 68.3 Å². The Kier molecular flexibility index (Phi) is 7.65. The largest absolute Gasteiger partial charge is 0.459 e. The molecule has 0 bridgehead atoms. The number of thioether (sulfide) groups is 1. The van der Waals surface area contributed by atoms with Crippen molar-refractivity contribution in [2.24, 2.45) is 0 Å². The lowest BCUT2D eigenvalue weighted by molar-refractivity contribution is -0.129. The van der Waals surface area contributed by atoms with Crippen molar-refractivity contribution in [2.45, 2.75) is 18.1 Å². The van der Waals surface area contributed by atoms with Crippen LogP contribution in [0.15, 0.2) is 82.6 Å². The Labute approximate surface area is 218 Å². The average Bonchev–Trinajstić information content (AvgIpc) is 3.62. The molecule has 0 radical (unpaired) electrons. The van der Waals surface area contributed by atoms with Crippen LogP contribution in [0.3, 0.4) is 0 Å². The van der Waals surface area contributed by atoms with Crippen molar-refractivity contribution in [3.63, 3.8) is 0 Å². The molecule has 1 saturated heterocycles. The van der Waals surface area contributed by atoms with E-state index < -0.39 is 0 Å². The van der Waals surface area contributed by atoms with Gasteiger partial charge in [0.2, 0.25) is 5.91 Å². The average molecular weight is 520 g/mol. The summed E-state index contributed by atoms with van der Waals surface area (Å²) in [4.78, 5) is 28.9. The molecule has 0 N–H and O–H groups in total. The zero-order valence-corrected chi connectivity index (χ0v) is 20.9. The Bertz CT molecular complexity index is 1350. The van der Waals surface area contributed by atoms with Gasteiger partial charge >= 0.3 is 0 Å². The number of amides is 2. The third-order valence-corrected chi connectivity index (χ3v) is 7.23. The van der Waals surface area contributed by atoms with E-state index in [9.17, 15) is 14.0 Å². The van der Waals surface area contributed by atoms with Gasteiger partial charge in [-0.05, 0) is 36.2 Å². The first kappa shape index (κ1) is 24.8. The standard InChI is InChI=1S/C27H26FN5O3S/c28-22-10-5-4-9-21(22)25-29-30-27(33(25)13-12-20-7-2-1-3-8-20)37-19-24(34)31-14-16-32(17-15-31)26(35)23-11-6-18-36-23/h1-11,18H,12-17,19H2. The van der Waals surface area contributed by atoms with E-state index in [2.05, 4.69) is 10.2 Å².